The Morgan fingerprint density at radius 2 is 1.45 bits per heavy atom. The van der Waals surface area contributed by atoms with Crippen molar-refractivity contribution >= 4 is 32.6 Å². The molecule has 0 saturated carbocycles. The summed E-state index contributed by atoms with van der Waals surface area (Å²) in [5.41, 5.74) is -0.559. The molecule has 0 N–H and O–H groups in total. The summed E-state index contributed by atoms with van der Waals surface area (Å²) in [4.78, 5) is 17.3. The number of fused-ring (bicyclic) bond motifs is 1. The molecule has 0 aliphatic heterocycles. The Balaban J connectivity index is 2.16. The van der Waals surface area contributed by atoms with E-state index in [1.165, 1.54) is 12.1 Å². The van der Waals surface area contributed by atoms with Crippen molar-refractivity contribution in [3.8, 4) is 11.1 Å². The van der Waals surface area contributed by atoms with Crippen LogP contribution in [0, 0.1) is 0 Å². The van der Waals surface area contributed by atoms with Crippen LogP contribution in [0.3, 0.4) is 0 Å². The van der Waals surface area contributed by atoms with E-state index in [4.69, 9.17) is 0 Å². The van der Waals surface area contributed by atoms with E-state index in [0.29, 0.717) is 15.4 Å². The number of rotatable bonds is 3. The van der Waals surface area contributed by atoms with E-state index in [1.54, 1.807) is 66.7 Å². The largest absolute Gasteiger partial charge is 0.434 e. The van der Waals surface area contributed by atoms with Crippen molar-refractivity contribution in [2.45, 2.75) is 6.18 Å². The summed E-state index contributed by atoms with van der Waals surface area (Å²) in [6, 6.07) is 21.6. The lowest BCUT2D eigenvalue weighted by molar-refractivity contribution is -0.141. The second-order valence-electron chi connectivity index (χ2n) is 6.40. The first-order chi connectivity index (χ1) is 13.9. The molecule has 6 heteroatoms. The van der Waals surface area contributed by atoms with Gasteiger partial charge in [-0.25, -0.2) is 4.98 Å². The fourth-order valence-corrected chi connectivity index (χ4v) is 3.79. The second kappa shape index (κ2) is 7.44. The number of hydrogen-bond donors (Lipinski definition) is 0. The van der Waals surface area contributed by atoms with Crippen LogP contribution in [0.25, 0.3) is 22.0 Å². The average molecular weight is 456 g/mol. The smallest absolute Gasteiger partial charge is 0.288 e. The predicted octanol–water partition coefficient (Wildman–Crippen LogP) is 6.91. The van der Waals surface area contributed by atoms with Crippen LogP contribution in [-0.4, -0.2) is 10.8 Å². The maximum atomic E-state index is 14.0. The molecule has 0 fully saturated rings. The summed E-state index contributed by atoms with van der Waals surface area (Å²) < 4.78 is 42.5. The molecular weight excluding hydrogens is 443 g/mol. The van der Waals surface area contributed by atoms with Gasteiger partial charge in [0.1, 0.15) is 0 Å². The van der Waals surface area contributed by atoms with Crippen LogP contribution in [0.5, 0.6) is 0 Å². The lowest BCUT2D eigenvalue weighted by Gasteiger charge is -2.19. The van der Waals surface area contributed by atoms with Crippen molar-refractivity contribution in [2.75, 3.05) is 0 Å². The lowest BCUT2D eigenvalue weighted by Crippen LogP contribution is -2.18. The van der Waals surface area contributed by atoms with E-state index in [9.17, 15) is 18.0 Å². The minimum atomic E-state index is -4.79. The summed E-state index contributed by atoms with van der Waals surface area (Å²) >= 11 is 3.28. The number of alkyl halides is 3. The van der Waals surface area contributed by atoms with E-state index in [0.717, 1.165) is 0 Å². The number of hydrogen-bond acceptors (Lipinski definition) is 2. The highest BCUT2D eigenvalue weighted by molar-refractivity contribution is 9.10. The Kier molecular flexibility index (Phi) is 4.96. The number of ketones is 1. The second-order valence-corrected chi connectivity index (χ2v) is 7.25. The van der Waals surface area contributed by atoms with Gasteiger partial charge in [-0.1, -0.05) is 76.6 Å². The molecule has 1 heterocycles. The summed E-state index contributed by atoms with van der Waals surface area (Å²) in [7, 11) is 0. The molecular formula is C23H13BrF3NO. The fraction of sp³-hybridized carbons (Fsp3) is 0.0435. The molecule has 0 amide bonds. The van der Waals surface area contributed by atoms with Crippen molar-refractivity contribution in [1.82, 2.24) is 4.98 Å². The van der Waals surface area contributed by atoms with E-state index < -0.39 is 23.2 Å². The summed E-state index contributed by atoms with van der Waals surface area (Å²) in [6.45, 7) is 0. The number of carbonyl (C=O) groups excluding carboxylic acids is 1. The van der Waals surface area contributed by atoms with Crippen molar-refractivity contribution in [3.05, 3.63) is 100 Å². The number of nitrogens with zero attached hydrogens (tertiary/aromatic N) is 1. The zero-order valence-corrected chi connectivity index (χ0v) is 16.5. The van der Waals surface area contributed by atoms with Gasteiger partial charge < -0.3 is 0 Å². The zero-order chi connectivity index (χ0) is 20.6. The third kappa shape index (κ3) is 3.56. The molecule has 0 atom stereocenters. The predicted molar refractivity (Wildman–Crippen MR) is 110 cm³/mol. The van der Waals surface area contributed by atoms with Crippen molar-refractivity contribution in [2.24, 2.45) is 0 Å². The van der Waals surface area contributed by atoms with Gasteiger partial charge in [0.25, 0.3) is 0 Å². The van der Waals surface area contributed by atoms with Crippen LogP contribution < -0.4 is 0 Å². The highest BCUT2D eigenvalue weighted by Crippen LogP contribution is 2.41. The molecule has 0 aliphatic rings. The van der Waals surface area contributed by atoms with E-state index in [1.807, 2.05) is 0 Å². The van der Waals surface area contributed by atoms with Gasteiger partial charge in [-0.05, 0) is 23.8 Å². The first kappa shape index (κ1) is 19.3. The first-order valence-corrected chi connectivity index (χ1v) is 9.52. The monoisotopic (exact) mass is 455 g/mol. The lowest BCUT2D eigenvalue weighted by atomic mass is 9.89. The van der Waals surface area contributed by atoms with E-state index >= 15 is 0 Å². The van der Waals surface area contributed by atoms with Gasteiger partial charge in [-0.3, -0.25) is 4.79 Å². The number of benzene rings is 3. The minimum absolute atomic E-state index is 0.146. The number of carbonyl (C=O) groups is 1. The van der Waals surface area contributed by atoms with Crippen LogP contribution in [-0.2, 0) is 6.18 Å². The van der Waals surface area contributed by atoms with Gasteiger partial charge in [0.2, 0.25) is 0 Å². The van der Waals surface area contributed by atoms with Gasteiger partial charge in [0, 0.05) is 21.0 Å². The Labute approximate surface area is 173 Å². The molecule has 0 bridgehead atoms. The molecule has 144 valence electrons. The van der Waals surface area contributed by atoms with Crippen LogP contribution in [0.15, 0.2) is 83.3 Å². The maximum Gasteiger partial charge on any atom is 0.434 e. The molecule has 0 aliphatic carbocycles. The summed E-state index contributed by atoms with van der Waals surface area (Å²) in [5.74, 6) is -0.734. The molecule has 0 radical (unpaired) electrons. The van der Waals surface area contributed by atoms with Crippen molar-refractivity contribution < 1.29 is 18.0 Å². The normalized spacial score (nSPS) is 11.6. The number of halogens is 4. The Bertz CT molecular complexity index is 1220. The molecule has 2 nitrogen and oxygen atoms in total. The van der Waals surface area contributed by atoms with Gasteiger partial charge in [0.15, 0.2) is 11.5 Å². The van der Waals surface area contributed by atoms with Crippen LogP contribution in [0.4, 0.5) is 13.2 Å². The zero-order valence-electron chi connectivity index (χ0n) is 14.9. The van der Waals surface area contributed by atoms with Gasteiger partial charge >= 0.3 is 6.18 Å². The topological polar surface area (TPSA) is 30.0 Å². The Morgan fingerprint density at radius 3 is 2.14 bits per heavy atom. The molecule has 29 heavy (non-hydrogen) atoms. The van der Waals surface area contributed by atoms with E-state index in [2.05, 4.69) is 20.9 Å². The van der Waals surface area contributed by atoms with Gasteiger partial charge in [0.05, 0.1) is 11.1 Å². The Morgan fingerprint density at radius 1 is 0.828 bits per heavy atom. The average Bonchev–Trinajstić information content (AvgIpc) is 2.72. The fourth-order valence-electron chi connectivity index (χ4n) is 3.32. The minimum Gasteiger partial charge on any atom is -0.288 e. The summed E-state index contributed by atoms with van der Waals surface area (Å²) in [6.07, 6.45) is -4.79. The highest BCUT2D eigenvalue weighted by Gasteiger charge is 2.40. The molecule has 3 aromatic carbocycles. The molecule has 1 aromatic heterocycles. The first-order valence-electron chi connectivity index (χ1n) is 8.72. The molecule has 0 unspecified atom stereocenters. The quantitative estimate of drug-likeness (QED) is 0.314. The van der Waals surface area contributed by atoms with Crippen LogP contribution >= 0.6 is 15.9 Å². The van der Waals surface area contributed by atoms with Crippen LogP contribution in [0.2, 0.25) is 0 Å². The number of pyridine rings is 1. The SMILES string of the molecule is O=C(c1ccccc1Br)c1c(C(F)(F)F)nc2ccccc2c1-c1ccccc1. The molecule has 0 saturated heterocycles. The number of aromatic nitrogens is 1. The third-order valence-corrected chi connectivity index (χ3v) is 5.26. The van der Waals surface area contributed by atoms with Crippen molar-refractivity contribution in [1.29, 1.82) is 0 Å². The van der Waals surface area contributed by atoms with Gasteiger partial charge in [-0.2, -0.15) is 13.2 Å². The van der Waals surface area contributed by atoms with Gasteiger partial charge in [-0.15, -0.1) is 0 Å². The third-order valence-electron chi connectivity index (χ3n) is 4.57. The molecule has 4 aromatic rings. The van der Waals surface area contributed by atoms with Crippen molar-refractivity contribution in [3.63, 3.8) is 0 Å². The van der Waals surface area contributed by atoms with Crippen LogP contribution in [0.1, 0.15) is 21.6 Å². The highest BCUT2D eigenvalue weighted by atomic mass is 79.9. The maximum absolute atomic E-state index is 14.0. The standard InChI is InChI=1S/C23H13BrF3NO/c24-17-12-6-4-10-15(17)21(29)20-19(14-8-2-1-3-9-14)16-11-5-7-13-18(16)28-22(20)23(25,26)27/h1-13H. The van der Waals surface area contributed by atoms with E-state index in [-0.39, 0.29) is 16.6 Å². The summed E-state index contributed by atoms with van der Waals surface area (Å²) in [5, 5.41) is 0.488. The molecule has 0 spiro atoms. The number of para-hydroxylation sites is 1. The Hall–Kier alpha value is -2.99. The molecule has 4 rings (SSSR count).